The molecule has 0 aliphatic carbocycles. The van der Waals surface area contributed by atoms with Gasteiger partial charge in [-0.05, 0) is 84.6 Å². The van der Waals surface area contributed by atoms with Crippen LogP contribution in [0, 0.1) is 0 Å². The number of piperidine rings is 1. The molecule has 3 atom stereocenters. The fourth-order valence-electron chi connectivity index (χ4n) is 7.47. The first kappa shape index (κ1) is 39.9. The van der Waals surface area contributed by atoms with E-state index < -0.39 is 53.6 Å². The molecule has 0 saturated carbocycles. The number of nitrogens with one attached hydrogen (secondary N) is 2. The number of benzene rings is 4. The zero-order chi connectivity index (χ0) is 42.5. The monoisotopic (exact) mass is 817 g/mol. The van der Waals surface area contributed by atoms with E-state index in [0.717, 1.165) is 16.0 Å². The second-order valence-corrected chi connectivity index (χ2v) is 14.4. The quantitative estimate of drug-likeness (QED) is 0.0916. The van der Waals surface area contributed by atoms with Crippen molar-refractivity contribution >= 4 is 41.1 Å². The number of imide groups is 2. The lowest BCUT2D eigenvalue weighted by molar-refractivity contribution is -0.136. The van der Waals surface area contributed by atoms with E-state index in [0.29, 0.717) is 22.6 Å². The summed E-state index contributed by atoms with van der Waals surface area (Å²) in [4.78, 5) is 86.1. The molecular weight excluding hydrogens is 779 g/mol. The van der Waals surface area contributed by atoms with Crippen LogP contribution in [0.1, 0.15) is 74.2 Å². The summed E-state index contributed by atoms with van der Waals surface area (Å²) in [6.07, 6.45) is 4.61. The summed E-state index contributed by atoms with van der Waals surface area (Å²) in [6, 6.07) is 32.8. The molecule has 4 aromatic carbocycles. The Kier molecular flexibility index (Phi) is 11.5. The Hall–Kier alpha value is -7.87. The fourth-order valence-corrected chi connectivity index (χ4v) is 7.47. The van der Waals surface area contributed by atoms with Gasteiger partial charge in [0.2, 0.25) is 17.7 Å². The molecule has 6 aromatic rings. The lowest BCUT2D eigenvalue weighted by atomic mass is 10.0. The lowest BCUT2D eigenvalue weighted by Gasteiger charge is -2.31. The number of carbonyl (C=O) groups is 6. The molecule has 2 N–H and O–H groups in total. The first-order valence-corrected chi connectivity index (χ1v) is 19.6. The zero-order valence-electron chi connectivity index (χ0n) is 32.9. The van der Waals surface area contributed by atoms with Crippen molar-refractivity contribution in [1.29, 1.82) is 0 Å². The van der Waals surface area contributed by atoms with E-state index in [4.69, 9.17) is 13.9 Å². The zero-order valence-corrected chi connectivity index (χ0v) is 32.9. The number of pyridine rings is 1. The van der Waals surface area contributed by atoms with Crippen LogP contribution in [0.4, 0.5) is 5.69 Å². The minimum absolute atomic E-state index is 0.00546. The molecule has 8 rings (SSSR count). The molecule has 0 bridgehead atoms. The number of furan rings is 1. The van der Waals surface area contributed by atoms with Crippen molar-refractivity contribution in [2.24, 2.45) is 0 Å². The Morgan fingerprint density at radius 3 is 2.33 bits per heavy atom. The summed E-state index contributed by atoms with van der Waals surface area (Å²) >= 11 is 0. The van der Waals surface area contributed by atoms with Crippen LogP contribution >= 0.6 is 0 Å². The molecule has 2 aliphatic heterocycles. The molecule has 61 heavy (non-hydrogen) atoms. The highest BCUT2D eigenvalue weighted by atomic mass is 16.5. The van der Waals surface area contributed by atoms with Gasteiger partial charge in [0.15, 0.2) is 5.76 Å². The van der Waals surface area contributed by atoms with E-state index in [-0.39, 0.29) is 48.7 Å². The van der Waals surface area contributed by atoms with Gasteiger partial charge >= 0.3 is 0 Å². The van der Waals surface area contributed by atoms with Crippen LogP contribution in [0.2, 0.25) is 0 Å². The number of carbonyl (C=O) groups excluding carboxylic acids is 6. The standard InChI is InChI=1S/C47H39N5O9/c1-29(32-11-5-13-35(27-32)59-25-26-61-38-15-6-14-36-41(38)47(58)52(45(36)56)37-21-22-40(53)50-43(37)54)49-44(55)42(33-12-7-23-48-28-33)51(46(57)39-16-8-24-60-39)34-19-17-31(18-20-34)30-9-3-2-4-10-30/h2-20,23-24,27-29,37,42H,21-22,25-26H2,1H3,(H,49,55)(H,50,53,54). The SMILES string of the molecule is CC(NC(=O)C(c1cccnc1)N(C(=O)c1ccco1)c1ccc(-c2ccccc2)cc1)c1cccc(OCCOc2cccc3c2C(=O)N(C2CCC(=O)NC2=O)C3=O)c1. The molecule has 1 saturated heterocycles. The number of nitrogens with zero attached hydrogens (tertiary/aromatic N) is 3. The Morgan fingerprint density at radius 1 is 0.836 bits per heavy atom. The minimum atomic E-state index is -1.15. The van der Waals surface area contributed by atoms with Crippen molar-refractivity contribution in [2.45, 2.75) is 37.9 Å². The molecule has 0 radical (unpaired) electrons. The molecular formula is C47H39N5O9. The van der Waals surface area contributed by atoms with Crippen molar-refractivity contribution in [3.8, 4) is 22.6 Å². The lowest BCUT2D eigenvalue weighted by Crippen LogP contribution is -2.54. The van der Waals surface area contributed by atoms with Gasteiger partial charge in [-0.1, -0.05) is 66.7 Å². The fraction of sp³-hybridized carbons (Fsp3) is 0.170. The molecule has 3 unspecified atom stereocenters. The normalized spacial score (nSPS) is 15.7. The van der Waals surface area contributed by atoms with Crippen molar-refractivity contribution in [1.82, 2.24) is 20.5 Å². The number of hydrogen-bond acceptors (Lipinski definition) is 10. The third kappa shape index (κ3) is 8.37. The first-order valence-electron chi connectivity index (χ1n) is 19.6. The van der Waals surface area contributed by atoms with E-state index in [1.54, 1.807) is 79.1 Å². The Bertz CT molecular complexity index is 2600. The summed E-state index contributed by atoms with van der Waals surface area (Å²) in [7, 11) is 0. The Balaban J connectivity index is 0.960. The van der Waals surface area contributed by atoms with Gasteiger partial charge in [-0.15, -0.1) is 0 Å². The summed E-state index contributed by atoms with van der Waals surface area (Å²) in [5.41, 5.74) is 3.76. The van der Waals surface area contributed by atoms with E-state index in [9.17, 15) is 28.8 Å². The van der Waals surface area contributed by atoms with Crippen molar-refractivity contribution in [3.63, 3.8) is 0 Å². The van der Waals surface area contributed by atoms with E-state index in [2.05, 4.69) is 15.6 Å². The molecule has 306 valence electrons. The maximum atomic E-state index is 14.5. The van der Waals surface area contributed by atoms with E-state index >= 15 is 0 Å². The van der Waals surface area contributed by atoms with Crippen LogP contribution in [-0.4, -0.2) is 64.6 Å². The number of ether oxygens (including phenoxy) is 2. The summed E-state index contributed by atoms with van der Waals surface area (Å²) in [6.45, 7) is 1.88. The minimum Gasteiger partial charge on any atom is -0.490 e. The highest BCUT2D eigenvalue weighted by Crippen LogP contribution is 2.35. The largest absolute Gasteiger partial charge is 0.490 e. The van der Waals surface area contributed by atoms with Gasteiger partial charge < -0.3 is 19.2 Å². The van der Waals surface area contributed by atoms with Gasteiger partial charge in [0.25, 0.3) is 17.7 Å². The van der Waals surface area contributed by atoms with Crippen LogP contribution in [0.5, 0.6) is 11.5 Å². The van der Waals surface area contributed by atoms with Crippen molar-refractivity contribution in [2.75, 3.05) is 18.1 Å². The van der Waals surface area contributed by atoms with Crippen molar-refractivity contribution in [3.05, 3.63) is 168 Å². The summed E-state index contributed by atoms with van der Waals surface area (Å²) in [5.74, 6) is -2.74. The van der Waals surface area contributed by atoms with Gasteiger partial charge in [0, 0.05) is 30.1 Å². The maximum absolute atomic E-state index is 14.5. The molecule has 0 spiro atoms. The number of aromatic nitrogens is 1. The van der Waals surface area contributed by atoms with Crippen LogP contribution in [0.25, 0.3) is 11.1 Å². The topological polar surface area (TPSA) is 177 Å². The molecule has 2 aliphatic rings. The first-order chi connectivity index (χ1) is 29.7. The van der Waals surface area contributed by atoms with Crippen LogP contribution in [-0.2, 0) is 14.4 Å². The number of anilines is 1. The predicted molar refractivity (Wildman–Crippen MR) is 221 cm³/mol. The average Bonchev–Trinajstić information content (AvgIpc) is 3.92. The number of amides is 6. The molecule has 4 heterocycles. The number of hydrogen-bond donors (Lipinski definition) is 2. The molecule has 6 amide bonds. The van der Waals surface area contributed by atoms with Gasteiger partial charge in [0.1, 0.15) is 36.8 Å². The highest BCUT2D eigenvalue weighted by Gasteiger charge is 2.46. The van der Waals surface area contributed by atoms with Gasteiger partial charge in [-0.25, -0.2) is 0 Å². The number of fused-ring (bicyclic) bond motifs is 1. The third-order valence-corrected chi connectivity index (χ3v) is 10.5. The third-order valence-electron chi connectivity index (χ3n) is 10.5. The highest BCUT2D eigenvalue weighted by molar-refractivity contribution is 6.24. The number of rotatable bonds is 14. The molecule has 1 fully saturated rings. The van der Waals surface area contributed by atoms with Gasteiger partial charge in [-0.2, -0.15) is 0 Å². The maximum Gasteiger partial charge on any atom is 0.294 e. The smallest absolute Gasteiger partial charge is 0.294 e. The van der Waals surface area contributed by atoms with Crippen LogP contribution in [0.3, 0.4) is 0 Å². The molecule has 2 aromatic heterocycles. The van der Waals surface area contributed by atoms with E-state index in [1.807, 2.05) is 55.5 Å². The molecule has 14 heteroatoms. The van der Waals surface area contributed by atoms with Crippen LogP contribution in [0.15, 0.2) is 144 Å². The van der Waals surface area contributed by atoms with Crippen LogP contribution < -0.4 is 25.0 Å². The van der Waals surface area contributed by atoms with E-state index in [1.165, 1.54) is 17.2 Å². The second-order valence-electron chi connectivity index (χ2n) is 14.4. The predicted octanol–water partition coefficient (Wildman–Crippen LogP) is 6.47. The summed E-state index contributed by atoms with van der Waals surface area (Å²) in [5, 5.41) is 5.28. The Morgan fingerprint density at radius 2 is 1.59 bits per heavy atom. The molecule has 14 nitrogen and oxygen atoms in total. The second kappa shape index (κ2) is 17.5. The van der Waals surface area contributed by atoms with Gasteiger partial charge in [-0.3, -0.25) is 48.9 Å². The summed E-state index contributed by atoms with van der Waals surface area (Å²) < 4.78 is 17.5. The Labute approximate surface area is 350 Å². The average molecular weight is 818 g/mol. The van der Waals surface area contributed by atoms with Gasteiger partial charge in [0.05, 0.1) is 23.4 Å². The van der Waals surface area contributed by atoms with Crippen molar-refractivity contribution < 1.29 is 42.7 Å².